The lowest BCUT2D eigenvalue weighted by Crippen LogP contribution is -2.46. The third-order valence-electron chi connectivity index (χ3n) is 3.75. The molecule has 0 spiro atoms. The fourth-order valence-corrected chi connectivity index (χ4v) is 2.16. The zero-order valence-corrected chi connectivity index (χ0v) is 14.0. The van der Waals surface area contributed by atoms with Gasteiger partial charge in [0.1, 0.15) is 12.6 Å². The summed E-state index contributed by atoms with van der Waals surface area (Å²) in [5, 5.41) is 14.6. The smallest absolute Gasteiger partial charge is 0.328 e. The highest BCUT2D eigenvalue weighted by atomic mass is 16.5. The van der Waals surface area contributed by atoms with Gasteiger partial charge < -0.3 is 10.1 Å². The summed E-state index contributed by atoms with van der Waals surface area (Å²) in [6.45, 7) is 3.70. The second kappa shape index (κ2) is 8.19. The molecule has 2 aromatic rings. The van der Waals surface area contributed by atoms with Crippen LogP contribution in [0.1, 0.15) is 20.3 Å². The fourth-order valence-electron chi connectivity index (χ4n) is 2.16. The Hall–Kier alpha value is -2.77. The van der Waals surface area contributed by atoms with E-state index in [0.717, 1.165) is 12.0 Å². The number of aromatic nitrogens is 4. The average molecular weight is 331 g/mol. The third kappa shape index (κ3) is 4.37. The molecular formula is C16H21N5O3. The number of hydrogen-bond donors (Lipinski definition) is 1. The molecule has 1 aromatic heterocycles. The molecule has 2 rings (SSSR count). The lowest BCUT2D eigenvalue weighted by molar-refractivity contribution is -0.146. The summed E-state index contributed by atoms with van der Waals surface area (Å²) in [5.74, 6) is -0.434. The molecule has 0 aliphatic carbocycles. The van der Waals surface area contributed by atoms with Crippen molar-refractivity contribution in [3.8, 4) is 11.4 Å². The second-order valence-electron chi connectivity index (χ2n) is 5.46. The summed E-state index contributed by atoms with van der Waals surface area (Å²) >= 11 is 0. The summed E-state index contributed by atoms with van der Waals surface area (Å²) in [5.41, 5.74) is 0.816. The standard InChI is InChI=1S/C16H21N5O3/c1-4-11(2)14(16(23)24-3)17-13(22)10-21-19-15(18-20-21)12-8-6-5-7-9-12/h5-9,11,14H,4,10H2,1-3H3,(H,17,22)/t11-,14+/m1/s1. The van der Waals surface area contributed by atoms with Gasteiger partial charge in [-0.2, -0.15) is 4.80 Å². The van der Waals surface area contributed by atoms with Crippen LogP contribution in [0, 0.1) is 5.92 Å². The second-order valence-corrected chi connectivity index (χ2v) is 5.46. The SMILES string of the molecule is CC[C@@H](C)[C@H](NC(=O)Cn1nnc(-c2ccccc2)n1)C(=O)OC. The van der Waals surface area contributed by atoms with Crippen molar-refractivity contribution in [2.45, 2.75) is 32.9 Å². The van der Waals surface area contributed by atoms with Gasteiger partial charge in [0.25, 0.3) is 0 Å². The van der Waals surface area contributed by atoms with Crippen molar-refractivity contribution in [2.24, 2.45) is 5.92 Å². The molecule has 8 nitrogen and oxygen atoms in total. The van der Waals surface area contributed by atoms with E-state index in [0.29, 0.717) is 5.82 Å². The van der Waals surface area contributed by atoms with Gasteiger partial charge in [0.2, 0.25) is 11.7 Å². The van der Waals surface area contributed by atoms with Crippen LogP contribution in [0.2, 0.25) is 0 Å². The molecule has 0 saturated carbocycles. The van der Waals surface area contributed by atoms with Gasteiger partial charge in [-0.25, -0.2) is 4.79 Å². The first-order chi connectivity index (χ1) is 11.5. The number of esters is 1. The van der Waals surface area contributed by atoms with Gasteiger partial charge in [0.05, 0.1) is 7.11 Å². The van der Waals surface area contributed by atoms with Crippen LogP contribution in [-0.4, -0.2) is 45.2 Å². The number of methoxy groups -OCH3 is 1. The summed E-state index contributed by atoms with van der Waals surface area (Å²) in [4.78, 5) is 25.2. The highest BCUT2D eigenvalue weighted by Gasteiger charge is 2.26. The van der Waals surface area contributed by atoms with Crippen LogP contribution in [0.3, 0.4) is 0 Å². The number of benzene rings is 1. The van der Waals surface area contributed by atoms with Crippen LogP contribution in [0.5, 0.6) is 0 Å². The molecule has 2 atom stereocenters. The van der Waals surface area contributed by atoms with Gasteiger partial charge in [-0.05, 0) is 11.1 Å². The Bertz CT molecular complexity index is 686. The van der Waals surface area contributed by atoms with Gasteiger partial charge in [0, 0.05) is 5.56 Å². The quantitative estimate of drug-likeness (QED) is 0.761. The molecule has 1 heterocycles. The van der Waals surface area contributed by atoms with Crippen LogP contribution in [0.25, 0.3) is 11.4 Å². The maximum atomic E-state index is 12.2. The van der Waals surface area contributed by atoms with Crippen molar-refractivity contribution in [3.63, 3.8) is 0 Å². The van der Waals surface area contributed by atoms with E-state index >= 15 is 0 Å². The van der Waals surface area contributed by atoms with Crippen molar-refractivity contribution in [1.29, 1.82) is 0 Å². The lowest BCUT2D eigenvalue weighted by Gasteiger charge is -2.21. The molecule has 0 fully saturated rings. The zero-order valence-electron chi connectivity index (χ0n) is 14.0. The Labute approximate surface area is 140 Å². The number of carbonyl (C=O) groups is 2. The summed E-state index contributed by atoms with van der Waals surface area (Å²) in [6.07, 6.45) is 0.736. The first-order valence-electron chi connectivity index (χ1n) is 7.75. The number of tetrazole rings is 1. The normalized spacial score (nSPS) is 13.1. The molecule has 0 bridgehead atoms. The molecule has 0 aliphatic rings. The van der Waals surface area contributed by atoms with Crippen molar-refractivity contribution in [3.05, 3.63) is 30.3 Å². The number of nitrogens with one attached hydrogen (secondary N) is 1. The molecule has 0 saturated heterocycles. The Kier molecular flexibility index (Phi) is 6.00. The number of carbonyl (C=O) groups excluding carboxylic acids is 2. The third-order valence-corrected chi connectivity index (χ3v) is 3.75. The van der Waals surface area contributed by atoms with Crippen LogP contribution in [-0.2, 0) is 20.9 Å². The molecule has 0 aliphatic heterocycles. The van der Waals surface area contributed by atoms with Gasteiger partial charge >= 0.3 is 5.97 Å². The Morgan fingerprint density at radius 3 is 2.62 bits per heavy atom. The molecule has 8 heteroatoms. The minimum absolute atomic E-state index is 0.0371. The Morgan fingerprint density at radius 1 is 1.29 bits per heavy atom. The topological polar surface area (TPSA) is 99.0 Å². The minimum atomic E-state index is -0.690. The van der Waals surface area contributed by atoms with Crippen LogP contribution < -0.4 is 5.32 Å². The predicted octanol–water partition coefficient (Wildman–Crippen LogP) is 1.04. The van der Waals surface area contributed by atoms with Crippen molar-refractivity contribution in [2.75, 3.05) is 7.11 Å². The molecule has 0 unspecified atom stereocenters. The first-order valence-corrected chi connectivity index (χ1v) is 7.75. The Morgan fingerprint density at radius 2 is 2.00 bits per heavy atom. The number of hydrogen-bond acceptors (Lipinski definition) is 6. The Balaban J connectivity index is 2.01. The molecule has 1 aromatic carbocycles. The van der Waals surface area contributed by atoms with Crippen LogP contribution in [0.15, 0.2) is 30.3 Å². The van der Waals surface area contributed by atoms with Crippen LogP contribution >= 0.6 is 0 Å². The van der Waals surface area contributed by atoms with Crippen molar-refractivity contribution in [1.82, 2.24) is 25.5 Å². The van der Waals surface area contributed by atoms with Gasteiger partial charge in [0.15, 0.2) is 0 Å². The predicted molar refractivity (Wildman–Crippen MR) is 86.7 cm³/mol. The van der Waals surface area contributed by atoms with Crippen LogP contribution in [0.4, 0.5) is 0 Å². The van der Waals surface area contributed by atoms with E-state index in [1.54, 1.807) is 0 Å². The molecule has 24 heavy (non-hydrogen) atoms. The fraction of sp³-hybridized carbons (Fsp3) is 0.438. The van der Waals surface area contributed by atoms with E-state index in [9.17, 15) is 9.59 Å². The maximum Gasteiger partial charge on any atom is 0.328 e. The summed E-state index contributed by atoms with van der Waals surface area (Å²) < 4.78 is 4.74. The van der Waals surface area contributed by atoms with E-state index in [-0.39, 0.29) is 18.4 Å². The molecule has 128 valence electrons. The van der Waals surface area contributed by atoms with E-state index in [2.05, 4.69) is 20.7 Å². The molecule has 1 N–H and O–H groups in total. The average Bonchev–Trinajstić information content (AvgIpc) is 3.07. The number of ether oxygens (including phenoxy) is 1. The summed E-state index contributed by atoms with van der Waals surface area (Å²) in [6, 6.07) is 8.66. The summed E-state index contributed by atoms with van der Waals surface area (Å²) in [7, 11) is 1.30. The van der Waals surface area contributed by atoms with Gasteiger partial charge in [-0.1, -0.05) is 50.6 Å². The van der Waals surface area contributed by atoms with Crippen molar-refractivity contribution < 1.29 is 14.3 Å². The van der Waals surface area contributed by atoms with E-state index in [4.69, 9.17) is 4.74 Å². The van der Waals surface area contributed by atoms with Gasteiger partial charge in [-0.3, -0.25) is 4.79 Å². The monoisotopic (exact) mass is 331 g/mol. The highest BCUT2D eigenvalue weighted by molar-refractivity contribution is 5.84. The largest absolute Gasteiger partial charge is 0.467 e. The lowest BCUT2D eigenvalue weighted by atomic mass is 9.99. The number of amides is 1. The van der Waals surface area contributed by atoms with Crippen molar-refractivity contribution >= 4 is 11.9 Å². The number of rotatable bonds is 7. The van der Waals surface area contributed by atoms with E-state index in [1.807, 2.05) is 44.2 Å². The van der Waals surface area contributed by atoms with E-state index in [1.165, 1.54) is 11.9 Å². The maximum absolute atomic E-state index is 12.2. The van der Waals surface area contributed by atoms with E-state index < -0.39 is 12.0 Å². The minimum Gasteiger partial charge on any atom is -0.467 e. The zero-order chi connectivity index (χ0) is 17.5. The molecule has 0 radical (unpaired) electrons. The first kappa shape index (κ1) is 17.6. The number of nitrogens with zero attached hydrogens (tertiary/aromatic N) is 4. The van der Waals surface area contributed by atoms with Gasteiger partial charge in [-0.15, -0.1) is 10.2 Å². The molecular weight excluding hydrogens is 310 g/mol. The highest BCUT2D eigenvalue weighted by Crippen LogP contribution is 2.12. The molecule has 1 amide bonds.